The lowest BCUT2D eigenvalue weighted by Gasteiger charge is -2.20. The maximum Gasteiger partial charge on any atom is 0.407 e. The van der Waals surface area contributed by atoms with E-state index in [0.29, 0.717) is 24.6 Å². The van der Waals surface area contributed by atoms with Crippen LogP contribution in [0.3, 0.4) is 0 Å². The highest BCUT2D eigenvalue weighted by Gasteiger charge is 2.16. The molecule has 0 saturated carbocycles. The molecule has 0 spiro atoms. The van der Waals surface area contributed by atoms with Crippen molar-refractivity contribution in [2.45, 2.75) is 33.2 Å². The molecule has 116 valence electrons. The Balaban J connectivity index is 2.52. The number of pyridine rings is 1. The molecule has 0 bridgehead atoms. The lowest BCUT2D eigenvalue weighted by atomic mass is 10.0. The molecule has 0 radical (unpaired) electrons. The number of carbonyl (C=O) groups excluding carboxylic acids is 2. The molecule has 0 aliphatic heterocycles. The Morgan fingerprint density at radius 2 is 2.14 bits per heavy atom. The van der Waals surface area contributed by atoms with Crippen LogP contribution in [-0.2, 0) is 4.74 Å². The van der Waals surface area contributed by atoms with Crippen molar-refractivity contribution in [3.05, 3.63) is 30.1 Å². The Morgan fingerprint density at radius 3 is 2.71 bits per heavy atom. The number of carbonyl (C=O) groups is 2. The van der Waals surface area contributed by atoms with Crippen LogP contribution in [0.5, 0.6) is 0 Å². The van der Waals surface area contributed by atoms with E-state index in [9.17, 15) is 9.59 Å². The third kappa shape index (κ3) is 6.74. The summed E-state index contributed by atoms with van der Waals surface area (Å²) < 4.78 is 4.87. The maximum absolute atomic E-state index is 12.0. The summed E-state index contributed by atoms with van der Waals surface area (Å²) in [5.41, 5.74) is 0.497. The van der Waals surface area contributed by atoms with Gasteiger partial charge in [0.15, 0.2) is 0 Å². The fraction of sp³-hybridized carbons (Fsp3) is 0.533. The van der Waals surface area contributed by atoms with E-state index in [1.165, 1.54) is 6.20 Å². The Bertz CT molecular complexity index is 449. The third-order valence-electron chi connectivity index (χ3n) is 2.79. The summed E-state index contributed by atoms with van der Waals surface area (Å²) in [6, 6.07) is 3.24. The zero-order valence-corrected chi connectivity index (χ0v) is 12.8. The van der Waals surface area contributed by atoms with Crippen LogP contribution in [0.2, 0.25) is 0 Å². The van der Waals surface area contributed by atoms with Gasteiger partial charge in [0.05, 0.1) is 12.2 Å². The van der Waals surface area contributed by atoms with Gasteiger partial charge in [-0.3, -0.25) is 9.78 Å². The molecule has 0 aliphatic rings. The van der Waals surface area contributed by atoms with Crippen LogP contribution in [0.1, 0.15) is 37.6 Å². The van der Waals surface area contributed by atoms with Crippen LogP contribution < -0.4 is 10.6 Å². The van der Waals surface area contributed by atoms with Gasteiger partial charge in [-0.15, -0.1) is 0 Å². The van der Waals surface area contributed by atoms with E-state index < -0.39 is 6.09 Å². The molecule has 1 aromatic rings. The Kier molecular flexibility index (Phi) is 7.21. The zero-order valence-electron chi connectivity index (χ0n) is 12.8. The van der Waals surface area contributed by atoms with Gasteiger partial charge in [-0.05, 0) is 31.4 Å². The van der Waals surface area contributed by atoms with E-state index in [-0.39, 0.29) is 11.9 Å². The van der Waals surface area contributed by atoms with Gasteiger partial charge in [-0.1, -0.05) is 13.8 Å². The Hall–Kier alpha value is -2.11. The van der Waals surface area contributed by atoms with Crippen LogP contribution in [0.4, 0.5) is 4.79 Å². The van der Waals surface area contributed by atoms with Crippen molar-refractivity contribution in [2.24, 2.45) is 5.92 Å². The van der Waals surface area contributed by atoms with Crippen LogP contribution in [0, 0.1) is 5.92 Å². The van der Waals surface area contributed by atoms with E-state index in [2.05, 4.69) is 29.5 Å². The highest BCUT2D eigenvalue weighted by atomic mass is 16.5. The van der Waals surface area contributed by atoms with Gasteiger partial charge in [0.25, 0.3) is 5.91 Å². The van der Waals surface area contributed by atoms with Crippen molar-refractivity contribution in [3.8, 4) is 0 Å². The Labute approximate surface area is 125 Å². The number of nitrogens with zero attached hydrogens (tertiary/aromatic N) is 1. The number of ether oxygens (including phenoxy) is 1. The molecule has 1 atom stereocenters. The molecule has 0 saturated heterocycles. The normalized spacial score (nSPS) is 11.8. The number of hydrogen-bond donors (Lipinski definition) is 2. The number of alkyl carbamates (subject to hydrolysis) is 1. The number of aromatic nitrogens is 1. The lowest BCUT2D eigenvalue weighted by Crippen LogP contribution is -2.44. The average molecular weight is 293 g/mol. The molecule has 2 amide bonds. The standard InChI is InChI=1S/C15H23N3O3/c1-4-21-15(20)18-13(8-11(2)3)10-17-14(19)12-6-5-7-16-9-12/h5-7,9,11,13H,4,8,10H2,1-3H3,(H,17,19)(H,18,20). The summed E-state index contributed by atoms with van der Waals surface area (Å²) in [6.07, 6.45) is 3.41. The average Bonchev–Trinajstić information content (AvgIpc) is 2.45. The quantitative estimate of drug-likeness (QED) is 0.805. The summed E-state index contributed by atoms with van der Waals surface area (Å²) in [7, 11) is 0. The Morgan fingerprint density at radius 1 is 1.38 bits per heavy atom. The molecule has 0 fully saturated rings. The second-order valence-corrected chi connectivity index (χ2v) is 5.14. The van der Waals surface area contributed by atoms with Crippen LogP contribution in [0.15, 0.2) is 24.5 Å². The van der Waals surface area contributed by atoms with Crippen molar-refractivity contribution < 1.29 is 14.3 Å². The number of rotatable bonds is 7. The van der Waals surface area contributed by atoms with E-state index in [0.717, 1.165) is 6.42 Å². The van der Waals surface area contributed by atoms with Gasteiger partial charge in [0.2, 0.25) is 0 Å². The molecule has 1 aromatic heterocycles. The predicted octanol–water partition coefficient (Wildman–Crippen LogP) is 1.97. The van der Waals surface area contributed by atoms with E-state index >= 15 is 0 Å². The van der Waals surface area contributed by atoms with Crippen molar-refractivity contribution in [1.82, 2.24) is 15.6 Å². The first-order valence-electron chi connectivity index (χ1n) is 7.14. The smallest absolute Gasteiger partial charge is 0.407 e. The molecule has 1 unspecified atom stereocenters. The largest absolute Gasteiger partial charge is 0.450 e. The van der Waals surface area contributed by atoms with Gasteiger partial charge in [0, 0.05) is 25.0 Å². The second kappa shape index (κ2) is 8.94. The molecule has 6 nitrogen and oxygen atoms in total. The third-order valence-corrected chi connectivity index (χ3v) is 2.79. The zero-order chi connectivity index (χ0) is 15.7. The summed E-state index contributed by atoms with van der Waals surface area (Å²) in [5.74, 6) is 0.190. The minimum Gasteiger partial charge on any atom is -0.450 e. The summed E-state index contributed by atoms with van der Waals surface area (Å²) >= 11 is 0. The highest BCUT2D eigenvalue weighted by Crippen LogP contribution is 2.05. The molecule has 2 N–H and O–H groups in total. The van der Waals surface area contributed by atoms with Gasteiger partial charge in [0.1, 0.15) is 0 Å². The SMILES string of the molecule is CCOC(=O)NC(CNC(=O)c1cccnc1)CC(C)C. The summed E-state index contributed by atoms with van der Waals surface area (Å²) in [5, 5.41) is 5.57. The minimum absolute atomic E-state index is 0.162. The van der Waals surface area contributed by atoms with Crippen LogP contribution in [-0.4, -0.2) is 36.2 Å². The number of hydrogen-bond acceptors (Lipinski definition) is 4. The highest BCUT2D eigenvalue weighted by molar-refractivity contribution is 5.93. The summed E-state index contributed by atoms with van der Waals surface area (Å²) in [4.78, 5) is 27.3. The van der Waals surface area contributed by atoms with E-state index in [4.69, 9.17) is 4.74 Å². The molecule has 1 rings (SSSR count). The second-order valence-electron chi connectivity index (χ2n) is 5.14. The van der Waals surface area contributed by atoms with E-state index in [1.807, 2.05) is 0 Å². The fourth-order valence-corrected chi connectivity index (χ4v) is 1.92. The monoisotopic (exact) mass is 293 g/mol. The molecule has 0 aromatic carbocycles. The van der Waals surface area contributed by atoms with Gasteiger partial charge >= 0.3 is 6.09 Å². The lowest BCUT2D eigenvalue weighted by molar-refractivity contribution is 0.0944. The first-order chi connectivity index (χ1) is 10.0. The minimum atomic E-state index is -0.459. The molecule has 1 heterocycles. The van der Waals surface area contributed by atoms with Crippen molar-refractivity contribution in [2.75, 3.05) is 13.2 Å². The maximum atomic E-state index is 12.0. The molecule has 21 heavy (non-hydrogen) atoms. The molecule has 0 aliphatic carbocycles. The summed E-state index contributed by atoms with van der Waals surface area (Å²) in [6.45, 7) is 6.54. The van der Waals surface area contributed by atoms with Gasteiger partial charge in [-0.2, -0.15) is 0 Å². The van der Waals surface area contributed by atoms with Gasteiger partial charge < -0.3 is 15.4 Å². The number of amides is 2. The van der Waals surface area contributed by atoms with Crippen molar-refractivity contribution in [3.63, 3.8) is 0 Å². The first kappa shape index (κ1) is 16.9. The van der Waals surface area contributed by atoms with Crippen LogP contribution in [0.25, 0.3) is 0 Å². The van der Waals surface area contributed by atoms with Crippen LogP contribution >= 0.6 is 0 Å². The predicted molar refractivity (Wildman–Crippen MR) is 80.0 cm³/mol. The molecular formula is C15H23N3O3. The fourth-order valence-electron chi connectivity index (χ4n) is 1.92. The van der Waals surface area contributed by atoms with Gasteiger partial charge in [-0.25, -0.2) is 4.79 Å². The molecule has 6 heteroatoms. The van der Waals surface area contributed by atoms with E-state index in [1.54, 1.807) is 25.3 Å². The van der Waals surface area contributed by atoms with Crippen molar-refractivity contribution >= 4 is 12.0 Å². The number of nitrogens with one attached hydrogen (secondary N) is 2. The van der Waals surface area contributed by atoms with Crippen molar-refractivity contribution in [1.29, 1.82) is 0 Å². The topological polar surface area (TPSA) is 80.3 Å². The molecular weight excluding hydrogens is 270 g/mol. The first-order valence-corrected chi connectivity index (χ1v) is 7.14.